The number of tetrazole rings is 1. The van der Waals surface area contributed by atoms with E-state index in [1.54, 1.807) is 16.4 Å². The number of carbonyl (C=O) groups is 1. The van der Waals surface area contributed by atoms with E-state index in [2.05, 4.69) is 34.7 Å². The van der Waals surface area contributed by atoms with Crippen molar-refractivity contribution in [1.82, 2.24) is 25.5 Å². The SMILES string of the molecule is CC(C)NC1(C(N)=O)CCCC1CCSc1nnnn1C. The molecule has 3 N–H and O–H groups in total. The van der Waals surface area contributed by atoms with Gasteiger partial charge in [-0.3, -0.25) is 4.79 Å². The molecule has 0 saturated heterocycles. The monoisotopic (exact) mass is 312 g/mol. The predicted molar refractivity (Wildman–Crippen MR) is 81.7 cm³/mol. The zero-order valence-corrected chi connectivity index (χ0v) is 13.7. The van der Waals surface area contributed by atoms with Crippen LogP contribution in [0.4, 0.5) is 0 Å². The first kappa shape index (κ1) is 16.2. The van der Waals surface area contributed by atoms with Crippen molar-refractivity contribution in [2.75, 3.05) is 5.75 Å². The van der Waals surface area contributed by atoms with Crippen molar-refractivity contribution in [2.45, 2.75) is 56.3 Å². The lowest BCUT2D eigenvalue weighted by Gasteiger charge is -2.35. The summed E-state index contributed by atoms with van der Waals surface area (Å²) in [6.07, 6.45) is 3.85. The van der Waals surface area contributed by atoms with Crippen LogP contribution < -0.4 is 11.1 Å². The smallest absolute Gasteiger partial charge is 0.238 e. The van der Waals surface area contributed by atoms with Crippen molar-refractivity contribution in [1.29, 1.82) is 0 Å². The van der Waals surface area contributed by atoms with Gasteiger partial charge in [-0.25, -0.2) is 4.68 Å². The molecule has 1 fully saturated rings. The van der Waals surface area contributed by atoms with Gasteiger partial charge in [0.2, 0.25) is 11.1 Å². The molecule has 2 unspecified atom stereocenters. The van der Waals surface area contributed by atoms with Gasteiger partial charge in [-0.1, -0.05) is 18.2 Å². The van der Waals surface area contributed by atoms with Gasteiger partial charge in [-0.15, -0.1) is 5.10 Å². The molecular weight excluding hydrogens is 288 g/mol. The first-order valence-electron chi connectivity index (χ1n) is 7.38. The fourth-order valence-electron chi connectivity index (χ4n) is 3.21. The number of hydrogen-bond acceptors (Lipinski definition) is 6. The lowest BCUT2D eigenvalue weighted by Crippen LogP contribution is -2.60. The minimum atomic E-state index is -0.549. The molecular formula is C13H24N6OS. The second kappa shape index (κ2) is 6.74. The fraction of sp³-hybridized carbons (Fsp3) is 0.846. The van der Waals surface area contributed by atoms with E-state index in [0.717, 1.165) is 36.6 Å². The molecule has 118 valence electrons. The number of nitrogens with zero attached hydrogens (tertiary/aromatic N) is 4. The first-order valence-corrected chi connectivity index (χ1v) is 8.37. The van der Waals surface area contributed by atoms with Gasteiger partial charge < -0.3 is 11.1 Å². The van der Waals surface area contributed by atoms with E-state index in [0.29, 0.717) is 0 Å². The number of nitrogens with one attached hydrogen (secondary N) is 1. The molecule has 21 heavy (non-hydrogen) atoms. The molecule has 7 nitrogen and oxygen atoms in total. The number of aryl methyl sites for hydroxylation is 1. The summed E-state index contributed by atoms with van der Waals surface area (Å²) in [4.78, 5) is 12.0. The Labute approximate surface area is 129 Å². The Morgan fingerprint density at radius 3 is 2.95 bits per heavy atom. The minimum Gasteiger partial charge on any atom is -0.368 e. The summed E-state index contributed by atoms with van der Waals surface area (Å²) in [6.45, 7) is 4.11. The molecule has 1 amide bonds. The van der Waals surface area contributed by atoms with E-state index in [4.69, 9.17) is 5.73 Å². The molecule has 1 aromatic rings. The van der Waals surface area contributed by atoms with Crippen LogP contribution in [0.2, 0.25) is 0 Å². The van der Waals surface area contributed by atoms with E-state index < -0.39 is 5.54 Å². The normalized spacial score (nSPS) is 25.6. The summed E-state index contributed by atoms with van der Waals surface area (Å²) in [7, 11) is 1.83. The van der Waals surface area contributed by atoms with Crippen LogP contribution in [0, 0.1) is 5.92 Å². The number of amides is 1. The molecule has 1 aliphatic rings. The highest BCUT2D eigenvalue weighted by molar-refractivity contribution is 7.99. The fourth-order valence-corrected chi connectivity index (χ4v) is 4.11. The van der Waals surface area contributed by atoms with Crippen molar-refractivity contribution < 1.29 is 4.79 Å². The van der Waals surface area contributed by atoms with Crippen LogP contribution in [0.1, 0.15) is 39.5 Å². The molecule has 0 aliphatic heterocycles. The molecule has 1 aliphatic carbocycles. The topological polar surface area (TPSA) is 98.7 Å². The summed E-state index contributed by atoms with van der Waals surface area (Å²) in [5.41, 5.74) is 5.17. The molecule has 8 heteroatoms. The molecule has 1 aromatic heterocycles. The Bertz CT molecular complexity index is 491. The number of aromatic nitrogens is 4. The van der Waals surface area contributed by atoms with Gasteiger partial charge in [-0.2, -0.15) is 0 Å². The number of carbonyl (C=O) groups excluding carboxylic acids is 1. The second-order valence-corrected chi connectivity index (χ2v) is 7.01. The summed E-state index contributed by atoms with van der Waals surface area (Å²) in [5.74, 6) is 0.948. The van der Waals surface area contributed by atoms with Gasteiger partial charge in [0, 0.05) is 18.8 Å². The summed E-state index contributed by atoms with van der Waals surface area (Å²) in [6, 6.07) is 0.244. The van der Waals surface area contributed by atoms with Gasteiger partial charge in [0.15, 0.2) is 0 Å². The van der Waals surface area contributed by atoms with Crippen molar-refractivity contribution >= 4 is 17.7 Å². The first-order chi connectivity index (χ1) is 9.95. The lowest BCUT2D eigenvalue weighted by molar-refractivity contribution is -0.126. The van der Waals surface area contributed by atoms with Gasteiger partial charge in [0.05, 0.1) is 0 Å². The molecule has 0 radical (unpaired) electrons. The summed E-state index contributed by atoms with van der Waals surface area (Å²) >= 11 is 1.62. The average Bonchev–Trinajstić information content (AvgIpc) is 2.97. The van der Waals surface area contributed by atoms with Crippen LogP contribution in [0.25, 0.3) is 0 Å². The maximum atomic E-state index is 12.0. The zero-order chi connectivity index (χ0) is 15.5. The van der Waals surface area contributed by atoms with Gasteiger partial charge >= 0.3 is 0 Å². The minimum absolute atomic E-state index is 0.218. The van der Waals surface area contributed by atoms with Crippen LogP contribution >= 0.6 is 11.8 Å². The molecule has 2 rings (SSSR count). The number of hydrogen-bond donors (Lipinski definition) is 2. The Kier molecular flexibility index (Phi) is 5.21. The molecule has 0 spiro atoms. The summed E-state index contributed by atoms with van der Waals surface area (Å²) in [5, 5.41) is 15.6. The van der Waals surface area contributed by atoms with E-state index in [9.17, 15) is 4.79 Å². The Morgan fingerprint density at radius 2 is 2.38 bits per heavy atom. The van der Waals surface area contributed by atoms with Crippen LogP contribution in [0.15, 0.2) is 5.16 Å². The van der Waals surface area contributed by atoms with E-state index in [1.165, 1.54) is 0 Å². The third-order valence-corrected chi connectivity index (χ3v) is 5.13. The Balaban J connectivity index is 1.97. The average molecular weight is 312 g/mol. The van der Waals surface area contributed by atoms with Crippen LogP contribution in [0.5, 0.6) is 0 Å². The van der Waals surface area contributed by atoms with Crippen LogP contribution in [0.3, 0.4) is 0 Å². The van der Waals surface area contributed by atoms with Crippen molar-refractivity contribution in [3.05, 3.63) is 0 Å². The highest BCUT2D eigenvalue weighted by atomic mass is 32.2. The van der Waals surface area contributed by atoms with Crippen molar-refractivity contribution in [3.8, 4) is 0 Å². The Morgan fingerprint density at radius 1 is 1.62 bits per heavy atom. The van der Waals surface area contributed by atoms with Crippen molar-refractivity contribution in [3.63, 3.8) is 0 Å². The van der Waals surface area contributed by atoms with Gasteiger partial charge in [0.25, 0.3) is 0 Å². The molecule has 1 heterocycles. The third-order valence-electron chi connectivity index (χ3n) is 4.09. The van der Waals surface area contributed by atoms with Crippen LogP contribution in [-0.4, -0.2) is 43.4 Å². The predicted octanol–water partition coefficient (Wildman–Crippen LogP) is 0.714. The van der Waals surface area contributed by atoms with E-state index in [1.807, 2.05) is 7.05 Å². The zero-order valence-electron chi connectivity index (χ0n) is 12.9. The number of thioether (sulfide) groups is 1. The summed E-state index contributed by atoms with van der Waals surface area (Å²) < 4.78 is 1.66. The number of primary amides is 1. The molecule has 1 saturated carbocycles. The number of nitrogens with two attached hydrogens (primary N) is 1. The van der Waals surface area contributed by atoms with Gasteiger partial charge in [0.1, 0.15) is 5.54 Å². The largest absolute Gasteiger partial charge is 0.368 e. The van der Waals surface area contributed by atoms with Crippen molar-refractivity contribution in [2.24, 2.45) is 18.7 Å². The quantitative estimate of drug-likeness (QED) is 0.720. The highest BCUT2D eigenvalue weighted by Gasteiger charge is 2.47. The molecule has 2 atom stereocenters. The van der Waals surface area contributed by atoms with E-state index in [-0.39, 0.29) is 17.9 Å². The highest BCUT2D eigenvalue weighted by Crippen LogP contribution is 2.39. The lowest BCUT2D eigenvalue weighted by atomic mass is 9.83. The Hall–Kier alpha value is -1.15. The van der Waals surface area contributed by atoms with Gasteiger partial charge in [-0.05, 0) is 49.5 Å². The standard InChI is InChI=1S/C13H24N6OS/c1-9(2)15-13(11(14)20)7-4-5-10(13)6-8-21-12-16-17-18-19(12)3/h9-10,15H,4-8H2,1-3H3,(H2,14,20). The second-order valence-electron chi connectivity index (χ2n) is 5.95. The maximum absolute atomic E-state index is 12.0. The van der Waals surface area contributed by atoms with Crippen LogP contribution in [-0.2, 0) is 11.8 Å². The maximum Gasteiger partial charge on any atom is 0.238 e. The molecule has 0 aromatic carbocycles. The van der Waals surface area contributed by atoms with E-state index >= 15 is 0 Å². The third kappa shape index (κ3) is 3.55. The number of rotatable bonds is 7. The molecule has 0 bridgehead atoms.